The Morgan fingerprint density at radius 1 is 1.19 bits per heavy atom. The summed E-state index contributed by atoms with van der Waals surface area (Å²) in [7, 11) is -1.24. The van der Waals surface area contributed by atoms with E-state index in [9.17, 15) is 9.00 Å². The lowest BCUT2D eigenvalue weighted by atomic mass is 10.3. The van der Waals surface area contributed by atoms with Crippen LogP contribution in [-0.4, -0.2) is 15.9 Å². The minimum atomic E-state index is -1.24. The van der Waals surface area contributed by atoms with Crippen LogP contribution in [0.1, 0.15) is 6.42 Å². The fourth-order valence-electron chi connectivity index (χ4n) is 1.70. The van der Waals surface area contributed by atoms with Crippen molar-refractivity contribution in [2.75, 3.05) is 16.8 Å². The molecule has 0 fully saturated rings. The Labute approximate surface area is 130 Å². The van der Waals surface area contributed by atoms with Crippen LogP contribution in [0.25, 0.3) is 0 Å². The maximum atomic E-state index is 12.1. The molecular formula is C15H15ClN2O2S. The Kier molecular flexibility index (Phi) is 5.36. The van der Waals surface area contributed by atoms with E-state index in [2.05, 4.69) is 5.32 Å². The molecule has 2 aromatic rings. The highest BCUT2D eigenvalue weighted by atomic mass is 35.5. The highest BCUT2D eigenvalue weighted by Gasteiger charge is 2.08. The summed E-state index contributed by atoms with van der Waals surface area (Å²) in [5.41, 5.74) is 6.87. The van der Waals surface area contributed by atoms with Crippen LogP contribution >= 0.6 is 11.6 Å². The molecule has 1 amide bonds. The Morgan fingerprint density at radius 3 is 2.57 bits per heavy atom. The molecule has 0 saturated carbocycles. The zero-order valence-electron chi connectivity index (χ0n) is 11.2. The average molecular weight is 323 g/mol. The number of nitrogens with one attached hydrogen (secondary N) is 1. The summed E-state index contributed by atoms with van der Waals surface area (Å²) < 4.78 is 12.1. The first-order valence-electron chi connectivity index (χ1n) is 6.34. The predicted octanol–water partition coefficient (Wildman–Crippen LogP) is 3.06. The number of carbonyl (C=O) groups is 1. The van der Waals surface area contributed by atoms with E-state index >= 15 is 0 Å². The van der Waals surface area contributed by atoms with Crippen LogP contribution in [0.3, 0.4) is 0 Å². The molecule has 3 N–H and O–H groups in total. The molecule has 2 aromatic carbocycles. The Hall–Kier alpha value is -1.85. The van der Waals surface area contributed by atoms with E-state index in [0.717, 1.165) is 0 Å². The van der Waals surface area contributed by atoms with Gasteiger partial charge in [0.2, 0.25) is 5.91 Å². The van der Waals surface area contributed by atoms with Gasteiger partial charge in [0.25, 0.3) is 0 Å². The number of anilines is 2. The zero-order valence-corrected chi connectivity index (χ0v) is 12.8. The van der Waals surface area contributed by atoms with E-state index in [1.807, 2.05) is 0 Å². The average Bonchev–Trinajstić information content (AvgIpc) is 2.47. The van der Waals surface area contributed by atoms with Gasteiger partial charge in [-0.25, -0.2) is 0 Å². The molecule has 0 aliphatic carbocycles. The fraction of sp³-hybridized carbons (Fsp3) is 0.133. The number of benzene rings is 2. The SMILES string of the molecule is Nc1ccc(NC(=O)CCS(=O)c2cccc(Cl)c2)cc1. The second-order valence-corrected chi connectivity index (χ2v) is 6.43. The topological polar surface area (TPSA) is 72.2 Å². The fourth-order valence-corrected chi connectivity index (χ4v) is 3.05. The molecule has 0 heterocycles. The molecule has 0 saturated heterocycles. The first kappa shape index (κ1) is 15.5. The summed E-state index contributed by atoms with van der Waals surface area (Å²) in [5.74, 6) is 0.0661. The summed E-state index contributed by atoms with van der Waals surface area (Å²) in [6, 6.07) is 13.7. The second kappa shape index (κ2) is 7.24. The van der Waals surface area contributed by atoms with Crippen molar-refractivity contribution < 1.29 is 9.00 Å². The number of nitrogens with two attached hydrogens (primary N) is 1. The van der Waals surface area contributed by atoms with E-state index < -0.39 is 10.8 Å². The van der Waals surface area contributed by atoms with Crippen LogP contribution in [0, 0.1) is 0 Å². The predicted molar refractivity (Wildman–Crippen MR) is 86.8 cm³/mol. The van der Waals surface area contributed by atoms with Crippen LogP contribution in [-0.2, 0) is 15.6 Å². The molecular weight excluding hydrogens is 308 g/mol. The number of rotatable bonds is 5. The summed E-state index contributed by atoms with van der Waals surface area (Å²) in [4.78, 5) is 12.4. The standard InChI is InChI=1S/C15H15ClN2O2S/c16-11-2-1-3-14(10-11)21(20)9-8-15(19)18-13-6-4-12(17)5-7-13/h1-7,10H,8-9,17H2,(H,18,19). The van der Waals surface area contributed by atoms with Gasteiger partial charge in [-0.3, -0.25) is 9.00 Å². The smallest absolute Gasteiger partial charge is 0.225 e. The van der Waals surface area contributed by atoms with Crippen molar-refractivity contribution in [2.45, 2.75) is 11.3 Å². The van der Waals surface area contributed by atoms with Gasteiger partial charge in [0, 0.05) is 33.5 Å². The van der Waals surface area contributed by atoms with Gasteiger partial charge >= 0.3 is 0 Å². The minimum Gasteiger partial charge on any atom is -0.399 e. The maximum absolute atomic E-state index is 12.1. The molecule has 0 aliphatic heterocycles. The monoisotopic (exact) mass is 322 g/mol. The number of hydrogen-bond acceptors (Lipinski definition) is 3. The lowest BCUT2D eigenvalue weighted by Gasteiger charge is -2.06. The lowest BCUT2D eigenvalue weighted by Crippen LogP contribution is -2.14. The number of halogens is 1. The minimum absolute atomic E-state index is 0.170. The first-order valence-corrected chi connectivity index (χ1v) is 8.03. The highest BCUT2D eigenvalue weighted by Crippen LogP contribution is 2.15. The van der Waals surface area contributed by atoms with Crippen molar-refractivity contribution in [2.24, 2.45) is 0 Å². The third-order valence-electron chi connectivity index (χ3n) is 2.77. The number of carbonyl (C=O) groups excluding carboxylic acids is 1. The van der Waals surface area contributed by atoms with Crippen molar-refractivity contribution in [3.8, 4) is 0 Å². The maximum Gasteiger partial charge on any atom is 0.225 e. The Morgan fingerprint density at radius 2 is 1.90 bits per heavy atom. The van der Waals surface area contributed by atoms with Crippen LogP contribution < -0.4 is 11.1 Å². The molecule has 0 radical (unpaired) electrons. The largest absolute Gasteiger partial charge is 0.399 e. The van der Waals surface area contributed by atoms with E-state index in [1.165, 1.54) is 0 Å². The normalized spacial score (nSPS) is 11.9. The van der Waals surface area contributed by atoms with Gasteiger partial charge in [-0.2, -0.15) is 0 Å². The summed E-state index contributed by atoms with van der Waals surface area (Å²) in [6.45, 7) is 0. The Bertz CT molecular complexity index is 659. The first-order chi connectivity index (χ1) is 10.0. The molecule has 0 bridgehead atoms. The Balaban J connectivity index is 1.86. The molecule has 110 valence electrons. The second-order valence-electron chi connectivity index (χ2n) is 4.43. The molecule has 1 atom stereocenters. The van der Waals surface area contributed by atoms with Gasteiger partial charge in [0.05, 0.1) is 10.8 Å². The van der Waals surface area contributed by atoms with E-state index in [1.54, 1.807) is 48.5 Å². The molecule has 6 heteroatoms. The summed E-state index contributed by atoms with van der Waals surface area (Å²) in [6.07, 6.45) is 0.170. The van der Waals surface area contributed by atoms with E-state index in [0.29, 0.717) is 21.3 Å². The molecule has 21 heavy (non-hydrogen) atoms. The molecule has 1 unspecified atom stereocenters. The van der Waals surface area contributed by atoms with Gasteiger partial charge in [-0.15, -0.1) is 0 Å². The number of hydrogen-bond donors (Lipinski definition) is 2. The van der Waals surface area contributed by atoms with Crippen LogP contribution in [0.5, 0.6) is 0 Å². The summed E-state index contributed by atoms with van der Waals surface area (Å²) >= 11 is 5.85. The number of amides is 1. The number of nitrogen functional groups attached to an aromatic ring is 1. The molecule has 0 aromatic heterocycles. The van der Waals surface area contributed by atoms with E-state index in [4.69, 9.17) is 17.3 Å². The van der Waals surface area contributed by atoms with Crippen molar-refractivity contribution in [3.05, 3.63) is 53.6 Å². The third kappa shape index (κ3) is 4.88. The molecule has 2 rings (SSSR count). The zero-order chi connectivity index (χ0) is 15.2. The van der Waals surface area contributed by atoms with Gasteiger partial charge in [0.15, 0.2) is 0 Å². The van der Waals surface area contributed by atoms with Crippen LogP contribution in [0.15, 0.2) is 53.4 Å². The quantitative estimate of drug-likeness (QED) is 0.831. The summed E-state index contributed by atoms with van der Waals surface area (Å²) in [5, 5.41) is 3.27. The lowest BCUT2D eigenvalue weighted by molar-refractivity contribution is -0.115. The van der Waals surface area contributed by atoms with Crippen LogP contribution in [0.4, 0.5) is 11.4 Å². The third-order valence-corrected chi connectivity index (χ3v) is 4.36. The molecule has 4 nitrogen and oxygen atoms in total. The van der Waals surface area contributed by atoms with Gasteiger partial charge in [0.1, 0.15) is 0 Å². The molecule has 0 aliphatic rings. The van der Waals surface area contributed by atoms with Crippen molar-refractivity contribution in [1.82, 2.24) is 0 Å². The van der Waals surface area contributed by atoms with Crippen molar-refractivity contribution >= 4 is 39.7 Å². The van der Waals surface area contributed by atoms with Gasteiger partial charge < -0.3 is 11.1 Å². The molecule has 0 spiro atoms. The van der Waals surface area contributed by atoms with Crippen molar-refractivity contribution in [1.29, 1.82) is 0 Å². The van der Waals surface area contributed by atoms with Gasteiger partial charge in [-0.1, -0.05) is 17.7 Å². The van der Waals surface area contributed by atoms with Gasteiger partial charge in [-0.05, 0) is 42.5 Å². The van der Waals surface area contributed by atoms with Crippen molar-refractivity contribution in [3.63, 3.8) is 0 Å². The highest BCUT2D eigenvalue weighted by molar-refractivity contribution is 7.85. The van der Waals surface area contributed by atoms with Crippen LogP contribution in [0.2, 0.25) is 5.02 Å². The van der Waals surface area contributed by atoms with E-state index in [-0.39, 0.29) is 18.1 Å².